The van der Waals surface area contributed by atoms with E-state index in [1.54, 1.807) is 0 Å². The van der Waals surface area contributed by atoms with Crippen molar-refractivity contribution >= 4 is 5.84 Å². The van der Waals surface area contributed by atoms with Crippen LogP contribution in [0.5, 0.6) is 0 Å². The summed E-state index contributed by atoms with van der Waals surface area (Å²) in [5.74, 6) is 1.28. The fourth-order valence-electron chi connectivity index (χ4n) is 4.41. The molecule has 27 heavy (non-hydrogen) atoms. The number of hydrogen-bond donors (Lipinski definition) is 2. The second-order valence-electron chi connectivity index (χ2n) is 8.68. The normalized spacial score (nSPS) is 23.3. The smallest absolute Gasteiger partial charge is 0.0970 e. The number of allylic oxidation sites excluding steroid dienone is 2. The quantitative estimate of drug-likeness (QED) is 0.260. The molecule has 156 valence electrons. The fraction of sp³-hybridized carbons (Fsp3) is 0.875. The van der Waals surface area contributed by atoms with Crippen LogP contribution in [0.15, 0.2) is 17.1 Å². The molecule has 3 heteroatoms. The number of aliphatic hydroxyl groups excluding tert-OH is 1. The summed E-state index contributed by atoms with van der Waals surface area (Å²) < 4.78 is 0. The first-order chi connectivity index (χ1) is 13.3. The summed E-state index contributed by atoms with van der Waals surface area (Å²) >= 11 is 0. The number of nitrogens with one attached hydrogen (secondary N) is 1. The third-order valence-corrected chi connectivity index (χ3v) is 6.16. The third-order valence-electron chi connectivity index (χ3n) is 6.16. The molecule has 0 radical (unpaired) electrons. The molecule has 0 aromatic carbocycles. The Morgan fingerprint density at radius 2 is 1.74 bits per heavy atom. The van der Waals surface area contributed by atoms with Crippen LogP contribution >= 0.6 is 0 Å². The summed E-state index contributed by atoms with van der Waals surface area (Å²) in [4.78, 5) is 4.89. The molecule has 3 nitrogen and oxygen atoms in total. The topological polar surface area (TPSA) is 44.6 Å². The van der Waals surface area contributed by atoms with Crippen LogP contribution < -0.4 is 5.32 Å². The Hall–Kier alpha value is -0.830. The molecule has 0 bridgehead atoms. The second-order valence-corrected chi connectivity index (χ2v) is 8.68. The van der Waals surface area contributed by atoms with Crippen molar-refractivity contribution in [1.29, 1.82) is 0 Å². The molecule has 2 rings (SSSR count). The van der Waals surface area contributed by atoms with Gasteiger partial charge in [0.25, 0.3) is 0 Å². The number of aliphatic imine (C=N–C) groups is 1. The van der Waals surface area contributed by atoms with Crippen molar-refractivity contribution in [1.82, 2.24) is 5.32 Å². The number of hydrogen-bond acceptors (Lipinski definition) is 3. The highest BCUT2D eigenvalue weighted by molar-refractivity contribution is 5.84. The zero-order valence-electron chi connectivity index (χ0n) is 17.8. The molecule has 1 aliphatic heterocycles. The standard InChI is InChI=1S/C24H44N2O/c1-2-3-4-5-6-8-11-16-21(27)17-12-9-7-10-13-20-24-25-22-18-14-15-19-23(22)26-24/h6,8,21-23,27H,2-5,7,9-20H2,1H3,(H,25,26)/b8-6-/t21-,22?,23?/m0/s1. The lowest BCUT2D eigenvalue weighted by molar-refractivity contribution is 0.152. The van der Waals surface area contributed by atoms with Crippen LogP contribution in [0.1, 0.15) is 116 Å². The lowest BCUT2D eigenvalue weighted by Gasteiger charge is -2.23. The Morgan fingerprint density at radius 3 is 2.59 bits per heavy atom. The van der Waals surface area contributed by atoms with Crippen molar-refractivity contribution in [3.63, 3.8) is 0 Å². The van der Waals surface area contributed by atoms with E-state index in [-0.39, 0.29) is 6.10 Å². The van der Waals surface area contributed by atoms with E-state index in [0.29, 0.717) is 12.1 Å². The Labute approximate surface area is 168 Å². The van der Waals surface area contributed by atoms with E-state index in [1.165, 1.54) is 89.3 Å². The van der Waals surface area contributed by atoms with Gasteiger partial charge in [-0.15, -0.1) is 0 Å². The fourth-order valence-corrected chi connectivity index (χ4v) is 4.41. The van der Waals surface area contributed by atoms with Gasteiger partial charge >= 0.3 is 0 Å². The van der Waals surface area contributed by atoms with Crippen LogP contribution in [0, 0.1) is 0 Å². The van der Waals surface area contributed by atoms with Crippen LogP contribution in [0.25, 0.3) is 0 Å². The summed E-state index contributed by atoms with van der Waals surface area (Å²) in [5.41, 5.74) is 0. The molecule has 0 amide bonds. The van der Waals surface area contributed by atoms with E-state index in [4.69, 9.17) is 4.99 Å². The largest absolute Gasteiger partial charge is 0.393 e. The Bertz CT molecular complexity index is 432. The van der Waals surface area contributed by atoms with E-state index in [0.717, 1.165) is 25.7 Å². The average Bonchev–Trinajstić information content (AvgIpc) is 3.09. The van der Waals surface area contributed by atoms with Gasteiger partial charge in [-0.3, -0.25) is 4.99 Å². The van der Waals surface area contributed by atoms with Crippen molar-refractivity contribution < 1.29 is 5.11 Å². The minimum Gasteiger partial charge on any atom is -0.393 e. The maximum atomic E-state index is 10.1. The van der Waals surface area contributed by atoms with Gasteiger partial charge in [-0.25, -0.2) is 0 Å². The van der Waals surface area contributed by atoms with Gasteiger partial charge in [0.1, 0.15) is 0 Å². The van der Waals surface area contributed by atoms with Crippen LogP contribution in [0.2, 0.25) is 0 Å². The molecule has 0 saturated heterocycles. The number of aliphatic hydroxyl groups is 1. The predicted molar refractivity (Wildman–Crippen MR) is 117 cm³/mol. The molecule has 1 heterocycles. The number of amidine groups is 1. The number of nitrogens with zero attached hydrogens (tertiary/aromatic N) is 1. The minimum atomic E-state index is -0.106. The van der Waals surface area contributed by atoms with Gasteiger partial charge in [-0.2, -0.15) is 0 Å². The van der Waals surface area contributed by atoms with Crippen LogP contribution in [0.4, 0.5) is 0 Å². The maximum absolute atomic E-state index is 10.1. The molecule has 1 fully saturated rings. The molecule has 2 N–H and O–H groups in total. The highest BCUT2D eigenvalue weighted by atomic mass is 16.3. The van der Waals surface area contributed by atoms with Gasteiger partial charge in [0, 0.05) is 12.5 Å². The summed E-state index contributed by atoms with van der Waals surface area (Å²) in [6.07, 6.45) is 25.3. The first kappa shape index (κ1) is 22.5. The van der Waals surface area contributed by atoms with Gasteiger partial charge < -0.3 is 10.4 Å². The van der Waals surface area contributed by atoms with Crippen LogP contribution in [-0.4, -0.2) is 29.1 Å². The molecular weight excluding hydrogens is 332 g/mol. The highest BCUT2D eigenvalue weighted by Gasteiger charge is 2.30. The molecule has 1 aliphatic carbocycles. The lowest BCUT2D eigenvalue weighted by atomic mass is 9.92. The van der Waals surface area contributed by atoms with Gasteiger partial charge in [0.15, 0.2) is 0 Å². The van der Waals surface area contributed by atoms with E-state index in [1.807, 2.05) is 0 Å². The molecule has 2 aliphatic rings. The summed E-state index contributed by atoms with van der Waals surface area (Å²) in [6.45, 7) is 2.24. The number of fused-ring (bicyclic) bond motifs is 1. The summed E-state index contributed by atoms with van der Waals surface area (Å²) in [5, 5.41) is 13.7. The average molecular weight is 377 g/mol. The van der Waals surface area contributed by atoms with Gasteiger partial charge in [0.2, 0.25) is 0 Å². The SMILES string of the molecule is CCCCC/C=C\CC[C@H](O)CCCCCCCC1=NC2CCCCC2N1. The van der Waals surface area contributed by atoms with Gasteiger partial charge in [-0.05, 0) is 51.4 Å². The van der Waals surface area contributed by atoms with Crippen molar-refractivity contribution in [2.75, 3.05) is 0 Å². The van der Waals surface area contributed by atoms with E-state index < -0.39 is 0 Å². The minimum absolute atomic E-state index is 0.106. The van der Waals surface area contributed by atoms with E-state index in [9.17, 15) is 5.11 Å². The number of unbranched alkanes of at least 4 members (excludes halogenated alkanes) is 7. The van der Waals surface area contributed by atoms with E-state index >= 15 is 0 Å². The van der Waals surface area contributed by atoms with Crippen molar-refractivity contribution in [3.8, 4) is 0 Å². The van der Waals surface area contributed by atoms with Crippen molar-refractivity contribution in [2.24, 2.45) is 4.99 Å². The monoisotopic (exact) mass is 376 g/mol. The molecule has 2 unspecified atom stereocenters. The summed E-state index contributed by atoms with van der Waals surface area (Å²) in [7, 11) is 0. The third kappa shape index (κ3) is 9.78. The first-order valence-corrected chi connectivity index (χ1v) is 12.0. The Kier molecular flexibility index (Phi) is 11.8. The molecule has 0 aromatic rings. The van der Waals surface area contributed by atoms with E-state index in [2.05, 4.69) is 24.4 Å². The molecule has 0 spiro atoms. The molecular formula is C24H44N2O. The molecule has 1 saturated carbocycles. The lowest BCUT2D eigenvalue weighted by Crippen LogP contribution is -2.36. The van der Waals surface area contributed by atoms with Crippen LogP contribution in [0.3, 0.4) is 0 Å². The number of rotatable bonds is 15. The van der Waals surface area contributed by atoms with Crippen molar-refractivity contribution in [3.05, 3.63) is 12.2 Å². The first-order valence-electron chi connectivity index (χ1n) is 12.0. The highest BCUT2D eigenvalue weighted by Crippen LogP contribution is 2.25. The second kappa shape index (κ2) is 14.2. The predicted octanol–water partition coefficient (Wildman–Crippen LogP) is 6.31. The van der Waals surface area contributed by atoms with Crippen molar-refractivity contribution in [2.45, 2.75) is 134 Å². The molecule has 0 aromatic heterocycles. The summed E-state index contributed by atoms with van der Waals surface area (Å²) in [6, 6.07) is 1.24. The van der Waals surface area contributed by atoms with Gasteiger partial charge in [-0.1, -0.05) is 70.4 Å². The van der Waals surface area contributed by atoms with Crippen LogP contribution in [-0.2, 0) is 0 Å². The Balaban J connectivity index is 1.37. The zero-order chi connectivity index (χ0) is 19.2. The Morgan fingerprint density at radius 1 is 0.963 bits per heavy atom. The van der Waals surface area contributed by atoms with Gasteiger partial charge in [0.05, 0.1) is 18.0 Å². The zero-order valence-corrected chi connectivity index (χ0v) is 17.8. The maximum Gasteiger partial charge on any atom is 0.0970 e. The molecule has 3 atom stereocenters.